The van der Waals surface area contributed by atoms with Crippen molar-refractivity contribution in [3.05, 3.63) is 0 Å². The van der Waals surface area contributed by atoms with Gasteiger partial charge in [0.2, 0.25) is 0 Å². The Morgan fingerprint density at radius 3 is 1.58 bits per heavy atom. The van der Waals surface area contributed by atoms with Crippen molar-refractivity contribution in [2.75, 3.05) is 6.61 Å². The third kappa shape index (κ3) is 16.3. The van der Waals surface area contributed by atoms with Crippen molar-refractivity contribution in [3.63, 3.8) is 0 Å². The van der Waals surface area contributed by atoms with Crippen molar-refractivity contribution >= 4 is 5.97 Å². The van der Waals surface area contributed by atoms with Crippen LogP contribution >= 0.6 is 0 Å². The number of rotatable bonds is 18. The van der Waals surface area contributed by atoms with Crippen LogP contribution in [0.15, 0.2) is 0 Å². The minimum atomic E-state index is 0.00850. The molecule has 0 rings (SSSR count). The van der Waals surface area contributed by atoms with E-state index >= 15 is 0 Å². The van der Waals surface area contributed by atoms with Gasteiger partial charge in [0.05, 0.1) is 12.5 Å². The Bertz CT molecular complexity index is 263. The minimum Gasteiger partial charge on any atom is -0.465 e. The van der Waals surface area contributed by atoms with Crippen molar-refractivity contribution in [2.45, 2.75) is 124 Å². The molecular formula is C22H44O2. The fraction of sp³-hybridized carbons (Fsp3) is 0.955. The molecule has 1 unspecified atom stereocenters. The first kappa shape index (κ1) is 23.5. The summed E-state index contributed by atoms with van der Waals surface area (Å²) in [6.45, 7) is 7.08. The molecule has 0 N–H and O–H groups in total. The van der Waals surface area contributed by atoms with Gasteiger partial charge in [-0.1, -0.05) is 111 Å². The second-order valence-electron chi connectivity index (χ2n) is 7.45. The number of unbranched alkanes of at least 4 members (excludes halogenated alkanes) is 13. The normalized spacial score (nSPS) is 12.3. The number of ether oxygens (including phenoxy) is 1. The molecule has 2 heteroatoms. The molecule has 0 aromatic carbocycles. The number of carbonyl (C=O) groups excluding carboxylic acids is 1. The molecule has 0 aliphatic rings. The Morgan fingerprint density at radius 2 is 1.08 bits per heavy atom. The van der Waals surface area contributed by atoms with E-state index in [9.17, 15) is 4.79 Å². The van der Waals surface area contributed by atoms with Crippen molar-refractivity contribution in [3.8, 4) is 0 Å². The molecule has 1 atom stereocenters. The zero-order valence-corrected chi connectivity index (χ0v) is 16.9. The molecule has 0 aliphatic carbocycles. The third-order valence-electron chi connectivity index (χ3n) is 4.89. The van der Waals surface area contributed by atoms with E-state index in [0.29, 0.717) is 6.61 Å². The molecule has 0 saturated carbocycles. The number of esters is 1. The van der Waals surface area contributed by atoms with Crippen LogP contribution < -0.4 is 0 Å². The van der Waals surface area contributed by atoms with Crippen LogP contribution in [0.4, 0.5) is 0 Å². The lowest BCUT2D eigenvalue weighted by atomic mass is 10.0. The van der Waals surface area contributed by atoms with Crippen LogP contribution in [0.2, 0.25) is 0 Å². The van der Waals surface area contributed by atoms with Gasteiger partial charge in [-0.25, -0.2) is 0 Å². The molecular weight excluding hydrogens is 296 g/mol. The fourth-order valence-electron chi connectivity index (χ4n) is 3.08. The molecule has 0 fully saturated rings. The van der Waals surface area contributed by atoms with Crippen LogP contribution in [0.25, 0.3) is 0 Å². The van der Waals surface area contributed by atoms with E-state index in [1.807, 2.05) is 6.92 Å². The average molecular weight is 341 g/mol. The van der Waals surface area contributed by atoms with Gasteiger partial charge >= 0.3 is 5.97 Å². The molecule has 0 radical (unpaired) electrons. The van der Waals surface area contributed by atoms with Crippen LogP contribution in [0.3, 0.4) is 0 Å². The molecule has 0 aromatic rings. The van der Waals surface area contributed by atoms with Gasteiger partial charge in [0, 0.05) is 0 Å². The summed E-state index contributed by atoms with van der Waals surface area (Å²) in [5, 5.41) is 0. The lowest BCUT2D eigenvalue weighted by Gasteiger charge is -2.11. The van der Waals surface area contributed by atoms with Crippen LogP contribution in [-0.4, -0.2) is 12.6 Å². The highest BCUT2D eigenvalue weighted by Gasteiger charge is 2.13. The van der Waals surface area contributed by atoms with Crippen molar-refractivity contribution < 1.29 is 9.53 Å². The first-order valence-corrected chi connectivity index (χ1v) is 10.9. The van der Waals surface area contributed by atoms with Gasteiger partial charge in [0.1, 0.15) is 0 Å². The first-order valence-electron chi connectivity index (χ1n) is 10.9. The highest BCUT2D eigenvalue weighted by Crippen LogP contribution is 2.13. The second-order valence-corrected chi connectivity index (χ2v) is 7.45. The average Bonchev–Trinajstić information content (AvgIpc) is 2.58. The maximum Gasteiger partial charge on any atom is 0.308 e. The molecule has 0 aromatic heterocycles. The molecule has 0 saturated heterocycles. The standard InChI is InChI=1S/C22H44O2/c1-4-6-8-9-10-11-12-13-14-15-16-18-20-24-22(23)21(3)19-17-7-5-2/h21H,4-20H2,1-3H3. The zero-order chi connectivity index (χ0) is 17.9. The minimum absolute atomic E-state index is 0.00850. The lowest BCUT2D eigenvalue weighted by molar-refractivity contribution is -0.148. The van der Waals surface area contributed by atoms with Crippen LogP contribution in [-0.2, 0) is 9.53 Å². The van der Waals surface area contributed by atoms with Crippen molar-refractivity contribution in [1.29, 1.82) is 0 Å². The van der Waals surface area contributed by atoms with Gasteiger partial charge in [-0.15, -0.1) is 0 Å². The summed E-state index contributed by atoms with van der Waals surface area (Å²) in [6.07, 6.45) is 20.6. The summed E-state index contributed by atoms with van der Waals surface area (Å²) in [5.41, 5.74) is 0. The summed E-state index contributed by atoms with van der Waals surface area (Å²) in [6, 6.07) is 0. The van der Waals surface area contributed by atoms with Gasteiger partial charge in [0.25, 0.3) is 0 Å². The summed E-state index contributed by atoms with van der Waals surface area (Å²) < 4.78 is 5.39. The predicted molar refractivity (Wildman–Crippen MR) is 105 cm³/mol. The summed E-state index contributed by atoms with van der Waals surface area (Å²) in [4.78, 5) is 11.8. The zero-order valence-electron chi connectivity index (χ0n) is 16.9. The highest BCUT2D eigenvalue weighted by atomic mass is 16.5. The summed E-state index contributed by atoms with van der Waals surface area (Å²) in [5.74, 6) is 0.0862. The Labute approximate surface area is 152 Å². The van der Waals surface area contributed by atoms with E-state index in [2.05, 4.69) is 13.8 Å². The van der Waals surface area contributed by atoms with Crippen LogP contribution in [0, 0.1) is 5.92 Å². The molecule has 144 valence electrons. The highest BCUT2D eigenvalue weighted by molar-refractivity contribution is 5.71. The second kappa shape index (κ2) is 18.8. The maximum atomic E-state index is 11.8. The van der Waals surface area contributed by atoms with Gasteiger partial charge in [-0.2, -0.15) is 0 Å². The van der Waals surface area contributed by atoms with E-state index in [1.165, 1.54) is 83.5 Å². The number of hydrogen-bond acceptors (Lipinski definition) is 2. The van der Waals surface area contributed by atoms with Gasteiger partial charge in [-0.05, 0) is 12.8 Å². The maximum absolute atomic E-state index is 11.8. The quantitative estimate of drug-likeness (QED) is 0.191. The van der Waals surface area contributed by atoms with E-state index in [-0.39, 0.29) is 11.9 Å². The Hall–Kier alpha value is -0.530. The van der Waals surface area contributed by atoms with Gasteiger partial charge in [-0.3, -0.25) is 4.79 Å². The molecule has 0 bridgehead atoms. The monoisotopic (exact) mass is 340 g/mol. The molecule has 0 amide bonds. The van der Waals surface area contributed by atoms with E-state index in [0.717, 1.165) is 19.3 Å². The largest absolute Gasteiger partial charge is 0.465 e. The molecule has 0 heterocycles. The SMILES string of the molecule is CCCCCCCCCCCCCCOC(=O)C(C)CCCCC. The van der Waals surface area contributed by atoms with Gasteiger partial charge < -0.3 is 4.74 Å². The Kier molecular flexibility index (Phi) is 18.4. The van der Waals surface area contributed by atoms with Crippen molar-refractivity contribution in [1.82, 2.24) is 0 Å². The van der Waals surface area contributed by atoms with Crippen LogP contribution in [0.5, 0.6) is 0 Å². The number of hydrogen-bond donors (Lipinski definition) is 0. The molecule has 0 aliphatic heterocycles. The predicted octanol–water partition coefficient (Wildman–Crippen LogP) is 7.45. The number of carbonyl (C=O) groups is 1. The van der Waals surface area contributed by atoms with E-state index < -0.39 is 0 Å². The third-order valence-corrected chi connectivity index (χ3v) is 4.89. The molecule has 24 heavy (non-hydrogen) atoms. The fourth-order valence-corrected chi connectivity index (χ4v) is 3.08. The topological polar surface area (TPSA) is 26.3 Å². The summed E-state index contributed by atoms with van der Waals surface area (Å²) in [7, 11) is 0. The first-order chi connectivity index (χ1) is 11.7. The Morgan fingerprint density at radius 1 is 0.667 bits per heavy atom. The van der Waals surface area contributed by atoms with E-state index in [1.54, 1.807) is 0 Å². The summed E-state index contributed by atoms with van der Waals surface area (Å²) >= 11 is 0. The Balaban J connectivity index is 3.23. The lowest BCUT2D eigenvalue weighted by Crippen LogP contribution is -2.15. The molecule has 2 nitrogen and oxygen atoms in total. The van der Waals surface area contributed by atoms with Gasteiger partial charge in [0.15, 0.2) is 0 Å². The van der Waals surface area contributed by atoms with Crippen LogP contribution in [0.1, 0.15) is 124 Å². The molecule has 0 spiro atoms. The van der Waals surface area contributed by atoms with E-state index in [4.69, 9.17) is 4.74 Å². The smallest absolute Gasteiger partial charge is 0.308 e. The van der Waals surface area contributed by atoms with Crippen molar-refractivity contribution in [2.24, 2.45) is 5.92 Å².